The monoisotopic (exact) mass is 318 g/mol. The molecule has 0 atom stereocenters. The summed E-state index contributed by atoms with van der Waals surface area (Å²) in [5.41, 5.74) is 1.20. The Morgan fingerprint density at radius 1 is 1.45 bits per heavy atom. The van der Waals surface area contributed by atoms with E-state index in [1.54, 1.807) is 0 Å². The molecule has 0 N–H and O–H groups in total. The molecule has 0 unspecified atom stereocenters. The summed E-state index contributed by atoms with van der Waals surface area (Å²) in [5, 5.41) is 10.9. The number of pyridine rings is 1. The first kappa shape index (κ1) is 15.6. The third-order valence-electron chi connectivity index (χ3n) is 4.55. The number of thiocyanates is 1. The summed E-state index contributed by atoms with van der Waals surface area (Å²) in [6.45, 7) is 2.98. The van der Waals surface area contributed by atoms with Crippen LogP contribution in [0.4, 0.5) is 0 Å². The van der Waals surface area contributed by atoms with Gasteiger partial charge in [-0.05, 0) is 61.4 Å². The van der Waals surface area contributed by atoms with Gasteiger partial charge in [0.05, 0.1) is 11.0 Å². The second kappa shape index (κ2) is 6.89. The topological polar surface area (TPSA) is 55.0 Å². The van der Waals surface area contributed by atoms with Gasteiger partial charge in [0.2, 0.25) is 0 Å². The second-order valence-corrected chi connectivity index (χ2v) is 7.12. The highest BCUT2D eigenvalue weighted by Gasteiger charge is 2.33. The molecule has 22 heavy (non-hydrogen) atoms. The first-order chi connectivity index (χ1) is 10.7. The lowest BCUT2D eigenvalue weighted by atomic mass is 9.88. The second-order valence-electron chi connectivity index (χ2n) is 6.29. The average molecular weight is 318 g/mol. The van der Waals surface area contributed by atoms with E-state index in [0.29, 0.717) is 16.9 Å². The quantitative estimate of drug-likeness (QED) is 0.436. The number of thioether (sulfide) groups is 1. The Balaban J connectivity index is 1.71. The molecule has 1 aromatic heterocycles. The van der Waals surface area contributed by atoms with Gasteiger partial charge in [0.25, 0.3) is 5.56 Å². The van der Waals surface area contributed by atoms with Crippen LogP contribution >= 0.6 is 11.8 Å². The molecule has 1 heterocycles. The third-order valence-corrected chi connectivity index (χ3v) is 5.15. The van der Waals surface area contributed by atoms with E-state index in [2.05, 4.69) is 6.92 Å². The standard InChI is InChI=1S/C17H22N2O2S/c1-2-3-6-21-15-8-14(9-15)19-10-13(12-4-5-12)7-16(17(19)20)22-11-18/h7,10,12,14-15H,2-6,8-9H2,1H3. The number of ether oxygens (including phenoxy) is 1. The van der Waals surface area contributed by atoms with Crippen molar-refractivity contribution >= 4 is 11.8 Å². The summed E-state index contributed by atoms with van der Waals surface area (Å²) in [6, 6.07) is 2.15. The zero-order valence-corrected chi connectivity index (χ0v) is 13.8. The molecular weight excluding hydrogens is 296 g/mol. The van der Waals surface area contributed by atoms with Crippen LogP contribution in [-0.4, -0.2) is 17.3 Å². The van der Waals surface area contributed by atoms with Crippen LogP contribution in [0.5, 0.6) is 0 Å². The Morgan fingerprint density at radius 2 is 2.23 bits per heavy atom. The average Bonchev–Trinajstić information content (AvgIpc) is 3.29. The molecule has 0 amide bonds. The Hall–Kier alpha value is -1.25. The van der Waals surface area contributed by atoms with E-state index < -0.39 is 0 Å². The van der Waals surface area contributed by atoms with Crippen molar-refractivity contribution in [3.8, 4) is 5.40 Å². The molecule has 5 heteroatoms. The number of hydrogen-bond acceptors (Lipinski definition) is 4. The highest BCUT2D eigenvalue weighted by atomic mass is 32.2. The van der Waals surface area contributed by atoms with E-state index in [1.807, 2.05) is 22.2 Å². The van der Waals surface area contributed by atoms with Gasteiger partial charge in [0, 0.05) is 18.8 Å². The molecular formula is C17H22N2O2S. The number of rotatable bonds is 7. The predicted molar refractivity (Wildman–Crippen MR) is 87.1 cm³/mol. The van der Waals surface area contributed by atoms with Gasteiger partial charge in [-0.1, -0.05) is 13.3 Å². The van der Waals surface area contributed by atoms with Crippen LogP contribution < -0.4 is 5.56 Å². The predicted octanol–water partition coefficient (Wildman–Crippen LogP) is 3.82. The molecule has 0 radical (unpaired) electrons. The molecule has 2 saturated carbocycles. The van der Waals surface area contributed by atoms with Gasteiger partial charge in [-0.2, -0.15) is 5.26 Å². The fourth-order valence-electron chi connectivity index (χ4n) is 2.93. The van der Waals surface area contributed by atoms with Crippen molar-refractivity contribution in [2.75, 3.05) is 6.61 Å². The smallest absolute Gasteiger partial charge is 0.265 e. The van der Waals surface area contributed by atoms with Crippen molar-refractivity contribution in [2.45, 2.75) is 68.4 Å². The molecule has 118 valence electrons. The number of unbranched alkanes of at least 4 members (excludes halogenated alkanes) is 1. The molecule has 2 fully saturated rings. The van der Waals surface area contributed by atoms with Crippen LogP contribution in [0.3, 0.4) is 0 Å². The van der Waals surface area contributed by atoms with Crippen molar-refractivity contribution < 1.29 is 4.74 Å². The van der Waals surface area contributed by atoms with Gasteiger partial charge in [0.1, 0.15) is 5.40 Å². The van der Waals surface area contributed by atoms with Gasteiger partial charge in [-0.25, -0.2) is 0 Å². The van der Waals surface area contributed by atoms with Gasteiger partial charge >= 0.3 is 0 Å². The fourth-order valence-corrected chi connectivity index (χ4v) is 3.41. The summed E-state index contributed by atoms with van der Waals surface area (Å²) in [4.78, 5) is 13.1. The Bertz CT molecular complexity index is 625. The molecule has 0 bridgehead atoms. The van der Waals surface area contributed by atoms with Crippen LogP contribution in [0.1, 0.15) is 63.0 Å². The van der Waals surface area contributed by atoms with E-state index in [0.717, 1.165) is 44.1 Å². The van der Waals surface area contributed by atoms with Crippen LogP contribution in [0, 0.1) is 10.7 Å². The van der Waals surface area contributed by atoms with Gasteiger partial charge in [0.15, 0.2) is 0 Å². The number of nitrogens with zero attached hydrogens (tertiary/aromatic N) is 2. The van der Waals surface area contributed by atoms with E-state index >= 15 is 0 Å². The van der Waals surface area contributed by atoms with E-state index in [1.165, 1.54) is 18.4 Å². The number of hydrogen-bond donors (Lipinski definition) is 0. The maximum absolute atomic E-state index is 12.5. The lowest BCUT2D eigenvalue weighted by molar-refractivity contribution is -0.0278. The minimum atomic E-state index is -0.0204. The molecule has 0 saturated heterocycles. The highest BCUT2D eigenvalue weighted by Crippen LogP contribution is 2.42. The van der Waals surface area contributed by atoms with E-state index in [-0.39, 0.29) is 11.6 Å². The van der Waals surface area contributed by atoms with Crippen molar-refractivity contribution in [3.05, 3.63) is 28.2 Å². The van der Waals surface area contributed by atoms with Gasteiger partial charge in [-0.15, -0.1) is 0 Å². The third kappa shape index (κ3) is 3.39. The van der Waals surface area contributed by atoms with Crippen molar-refractivity contribution in [2.24, 2.45) is 0 Å². The van der Waals surface area contributed by atoms with Gasteiger partial charge < -0.3 is 9.30 Å². The molecule has 1 aromatic rings. The molecule has 0 aliphatic heterocycles. The SMILES string of the molecule is CCCCOC1CC(n2cc(C3CC3)cc(SC#N)c2=O)C1. The summed E-state index contributed by atoms with van der Waals surface area (Å²) >= 11 is 0.986. The van der Waals surface area contributed by atoms with Crippen LogP contribution in [0.15, 0.2) is 22.0 Å². The van der Waals surface area contributed by atoms with Crippen molar-refractivity contribution in [3.63, 3.8) is 0 Å². The Morgan fingerprint density at radius 3 is 2.86 bits per heavy atom. The Labute approximate surface area is 135 Å². The lowest BCUT2D eigenvalue weighted by Crippen LogP contribution is -2.38. The normalized spacial score (nSPS) is 23.8. The number of nitriles is 1. The molecule has 3 rings (SSSR count). The highest BCUT2D eigenvalue weighted by molar-refractivity contribution is 8.03. The van der Waals surface area contributed by atoms with E-state index in [9.17, 15) is 4.79 Å². The lowest BCUT2D eigenvalue weighted by Gasteiger charge is -2.36. The summed E-state index contributed by atoms with van der Waals surface area (Å²) in [5.74, 6) is 0.585. The van der Waals surface area contributed by atoms with Crippen molar-refractivity contribution in [1.82, 2.24) is 4.57 Å². The maximum Gasteiger partial charge on any atom is 0.265 e. The molecule has 0 aromatic carbocycles. The zero-order valence-electron chi connectivity index (χ0n) is 13.0. The minimum Gasteiger partial charge on any atom is -0.378 e. The largest absolute Gasteiger partial charge is 0.378 e. The van der Waals surface area contributed by atoms with Crippen LogP contribution in [0.25, 0.3) is 0 Å². The minimum absolute atomic E-state index is 0.0204. The summed E-state index contributed by atoms with van der Waals surface area (Å²) in [6.07, 6.45) is 8.77. The first-order valence-corrected chi connectivity index (χ1v) is 8.98. The molecule has 0 spiro atoms. The van der Waals surface area contributed by atoms with Gasteiger partial charge in [-0.3, -0.25) is 4.79 Å². The fraction of sp³-hybridized carbons (Fsp3) is 0.647. The molecule has 2 aliphatic rings. The number of aromatic nitrogens is 1. The van der Waals surface area contributed by atoms with E-state index in [4.69, 9.17) is 10.00 Å². The maximum atomic E-state index is 12.5. The Kier molecular flexibility index (Phi) is 4.90. The van der Waals surface area contributed by atoms with Crippen molar-refractivity contribution in [1.29, 1.82) is 5.26 Å². The molecule has 4 nitrogen and oxygen atoms in total. The first-order valence-electron chi connectivity index (χ1n) is 8.16. The summed E-state index contributed by atoms with van der Waals surface area (Å²) in [7, 11) is 0. The van der Waals surface area contributed by atoms with Crippen LogP contribution in [0.2, 0.25) is 0 Å². The summed E-state index contributed by atoms with van der Waals surface area (Å²) < 4.78 is 7.66. The molecule has 2 aliphatic carbocycles. The van der Waals surface area contributed by atoms with Crippen LogP contribution in [-0.2, 0) is 4.74 Å². The zero-order chi connectivity index (χ0) is 15.5.